The number of nitrogens with zero attached hydrogens (tertiary/aromatic N) is 6. The number of nitrogens with one attached hydrogen (secondary N) is 1. The van der Waals surface area contributed by atoms with Crippen molar-refractivity contribution >= 4 is 27.4 Å². The molecule has 0 atom stereocenters. The maximum Gasteiger partial charge on any atom is 0.229 e. The molecule has 4 heterocycles. The Morgan fingerprint density at radius 3 is 3.04 bits per heavy atom. The van der Waals surface area contributed by atoms with Gasteiger partial charge < -0.3 is 15.6 Å². The van der Waals surface area contributed by atoms with Crippen molar-refractivity contribution in [3.05, 3.63) is 64.6 Å². The van der Waals surface area contributed by atoms with Crippen LogP contribution in [0.2, 0.25) is 0 Å². The lowest BCUT2D eigenvalue weighted by Gasteiger charge is -2.11. The molecule has 9 nitrogen and oxygen atoms in total. The molecule has 126 valence electrons. The SMILES string of the molecule is [O-][n+]1cccc(CNc2cc(-n3cnc(O)c3)nc3c(Br)cnn23)c1. The van der Waals surface area contributed by atoms with Crippen molar-refractivity contribution in [2.24, 2.45) is 0 Å². The van der Waals surface area contributed by atoms with E-state index in [1.165, 1.54) is 24.9 Å². The number of aromatic nitrogens is 6. The predicted octanol–water partition coefficient (Wildman–Crippen LogP) is 1.63. The first-order valence-corrected chi connectivity index (χ1v) is 8.08. The molecule has 10 heteroatoms. The lowest BCUT2D eigenvalue weighted by atomic mass is 10.3. The van der Waals surface area contributed by atoms with Gasteiger partial charge in [-0.3, -0.25) is 4.57 Å². The Bertz CT molecular complexity index is 1060. The minimum atomic E-state index is -0.0898. The van der Waals surface area contributed by atoms with Gasteiger partial charge in [0.15, 0.2) is 18.0 Å². The van der Waals surface area contributed by atoms with Crippen molar-refractivity contribution in [2.45, 2.75) is 6.54 Å². The maximum absolute atomic E-state index is 11.4. The maximum atomic E-state index is 11.4. The number of imidazole rings is 1. The summed E-state index contributed by atoms with van der Waals surface area (Å²) < 4.78 is 4.74. The van der Waals surface area contributed by atoms with Gasteiger partial charge in [0.25, 0.3) is 0 Å². The van der Waals surface area contributed by atoms with Crippen LogP contribution < -0.4 is 10.0 Å². The molecular weight excluding hydrogens is 390 g/mol. The van der Waals surface area contributed by atoms with Crippen LogP contribution in [0.15, 0.2) is 53.8 Å². The zero-order valence-electron chi connectivity index (χ0n) is 12.7. The fourth-order valence-electron chi connectivity index (χ4n) is 2.42. The van der Waals surface area contributed by atoms with Crippen LogP contribution in [0.4, 0.5) is 5.82 Å². The van der Waals surface area contributed by atoms with E-state index in [0.717, 1.165) is 14.8 Å². The van der Waals surface area contributed by atoms with Crippen LogP contribution in [-0.4, -0.2) is 29.3 Å². The highest BCUT2D eigenvalue weighted by Crippen LogP contribution is 2.23. The first-order chi connectivity index (χ1) is 12.1. The van der Waals surface area contributed by atoms with E-state index < -0.39 is 0 Å². The Balaban J connectivity index is 1.74. The van der Waals surface area contributed by atoms with Crippen LogP contribution in [-0.2, 0) is 6.54 Å². The third-order valence-electron chi connectivity index (χ3n) is 3.56. The quantitative estimate of drug-likeness (QED) is 0.397. The molecule has 4 rings (SSSR count). The lowest BCUT2D eigenvalue weighted by Crippen LogP contribution is -2.25. The number of anilines is 1. The lowest BCUT2D eigenvalue weighted by molar-refractivity contribution is -0.605. The first-order valence-electron chi connectivity index (χ1n) is 7.29. The molecule has 0 bridgehead atoms. The second kappa shape index (κ2) is 6.06. The molecule has 2 N–H and O–H groups in total. The Morgan fingerprint density at radius 1 is 1.40 bits per heavy atom. The summed E-state index contributed by atoms with van der Waals surface area (Å²) >= 11 is 3.43. The average Bonchev–Trinajstić information content (AvgIpc) is 3.19. The Morgan fingerprint density at radius 2 is 2.28 bits per heavy atom. The van der Waals surface area contributed by atoms with Gasteiger partial charge in [0, 0.05) is 24.2 Å². The Kier molecular flexibility index (Phi) is 3.73. The molecule has 0 fully saturated rings. The molecule has 0 saturated heterocycles. The van der Waals surface area contributed by atoms with Crippen molar-refractivity contribution < 1.29 is 9.84 Å². The van der Waals surface area contributed by atoms with Gasteiger partial charge in [-0.1, -0.05) is 0 Å². The largest absolute Gasteiger partial charge is 0.619 e. The summed E-state index contributed by atoms with van der Waals surface area (Å²) in [6.07, 6.45) is 7.52. The van der Waals surface area contributed by atoms with Crippen LogP contribution in [0.3, 0.4) is 0 Å². The minimum absolute atomic E-state index is 0.0898. The molecule has 0 amide bonds. The van der Waals surface area contributed by atoms with E-state index >= 15 is 0 Å². The highest BCUT2D eigenvalue weighted by atomic mass is 79.9. The van der Waals surface area contributed by atoms with Crippen molar-refractivity contribution in [1.82, 2.24) is 24.1 Å². The number of aromatic hydroxyl groups is 1. The van der Waals surface area contributed by atoms with Crippen LogP contribution in [0.1, 0.15) is 5.56 Å². The summed E-state index contributed by atoms with van der Waals surface area (Å²) in [7, 11) is 0. The highest BCUT2D eigenvalue weighted by molar-refractivity contribution is 9.10. The zero-order chi connectivity index (χ0) is 17.4. The van der Waals surface area contributed by atoms with Crippen molar-refractivity contribution in [2.75, 3.05) is 5.32 Å². The summed E-state index contributed by atoms with van der Waals surface area (Å²) in [5.74, 6) is 1.16. The van der Waals surface area contributed by atoms with E-state index in [2.05, 4.69) is 36.3 Å². The predicted molar refractivity (Wildman–Crippen MR) is 92.2 cm³/mol. The number of hydrogen-bond donors (Lipinski definition) is 2. The third kappa shape index (κ3) is 2.98. The van der Waals surface area contributed by atoms with Crippen LogP contribution >= 0.6 is 15.9 Å². The monoisotopic (exact) mass is 401 g/mol. The molecule has 0 aromatic carbocycles. The van der Waals surface area contributed by atoms with Gasteiger partial charge in [-0.05, 0) is 22.0 Å². The molecular formula is C15H12BrN7O2. The van der Waals surface area contributed by atoms with Crippen LogP contribution in [0.25, 0.3) is 11.5 Å². The minimum Gasteiger partial charge on any atom is -0.619 e. The van der Waals surface area contributed by atoms with E-state index in [0.29, 0.717) is 23.8 Å². The zero-order valence-corrected chi connectivity index (χ0v) is 14.3. The second-order valence-corrected chi connectivity index (χ2v) is 6.15. The second-order valence-electron chi connectivity index (χ2n) is 5.29. The van der Waals surface area contributed by atoms with Gasteiger partial charge in [-0.15, -0.1) is 0 Å². The topological polar surface area (TPSA) is 107 Å². The molecule has 0 radical (unpaired) electrons. The van der Waals surface area contributed by atoms with E-state index in [-0.39, 0.29) is 5.88 Å². The normalized spacial score (nSPS) is 11.1. The van der Waals surface area contributed by atoms with Crippen molar-refractivity contribution in [1.29, 1.82) is 0 Å². The van der Waals surface area contributed by atoms with E-state index in [9.17, 15) is 10.3 Å². The van der Waals surface area contributed by atoms with Gasteiger partial charge >= 0.3 is 0 Å². The summed E-state index contributed by atoms with van der Waals surface area (Å²) in [6.45, 7) is 0.439. The van der Waals surface area contributed by atoms with Crippen LogP contribution in [0.5, 0.6) is 5.88 Å². The van der Waals surface area contributed by atoms with E-state index in [1.807, 2.05) is 6.07 Å². The fraction of sp³-hybridized carbons (Fsp3) is 0.0667. The summed E-state index contributed by atoms with van der Waals surface area (Å²) in [5, 5.41) is 28.4. The number of halogens is 1. The Labute approximate surface area is 149 Å². The smallest absolute Gasteiger partial charge is 0.229 e. The third-order valence-corrected chi connectivity index (χ3v) is 4.12. The fourth-order valence-corrected chi connectivity index (χ4v) is 2.77. The van der Waals surface area contributed by atoms with E-state index in [4.69, 9.17) is 0 Å². The summed E-state index contributed by atoms with van der Waals surface area (Å²) in [4.78, 5) is 8.32. The van der Waals surface area contributed by atoms with Crippen molar-refractivity contribution in [3.63, 3.8) is 0 Å². The number of hydrogen-bond acceptors (Lipinski definition) is 6. The molecule has 0 unspecified atom stereocenters. The van der Waals surface area contributed by atoms with Gasteiger partial charge in [-0.2, -0.15) is 14.3 Å². The van der Waals surface area contributed by atoms with Crippen molar-refractivity contribution in [3.8, 4) is 11.7 Å². The van der Waals surface area contributed by atoms with Gasteiger partial charge in [-0.25, -0.2) is 9.97 Å². The van der Waals surface area contributed by atoms with E-state index in [1.54, 1.807) is 27.4 Å². The van der Waals surface area contributed by atoms with Gasteiger partial charge in [0.2, 0.25) is 5.88 Å². The van der Waals surface area contributed by atoms with Crippen LogP contribution in [0, 0.1) is 5.21 Å². The van der Waals surface area contributed by atoms with Gasteiger partial charge in [0.05, 0.1) is 16.9 Å². The number of rotatable bonds is 4. The molecule has 4 aromatic rings. The molecule has 4 aromatic heterocycles. The molecule has 25 heavy (non-hydrogen) atoms. The first kappa shape index (κ1) is 15.4. The Hall–Kier alpha value is -3.14. The summed E-state index contributed by atoms with van der Waals surface area (Å²) in [6, 6.07) is 5.33. The molecule has 0 aliphatic heterocycles. The molecule has 0 spiro atoms. The van der Waals surface area contributed by atoms with Gasteiger partial charge in [0.1, 0.15) is 18.0 Å². The average molecular weight is 402 g/mol. The molecule has 0 aliphatic rings. The number of pyridine rings is 1. The highest BCUT2D eigenvalue weighted by Gasteiger charge is 2.12. The number of fused-ring (bicyclic) bond motifs is 1. The standard InChI is InChI=1S/C15H12BrN7O2/c16-11-6-19-23-12(17-5-10-2-1-3-22(25)7-10)4-13(20-15(11)23)21-8-14(24)18-9-21/h1-4,6-9,17,24H,5H2. The molecule has 0 aliphatic carbocycles. The summed E-state index contributed by atoms with van der Waals surface area (Å²) in [5.41, 5.74) is 1.44. The molecule has 0 saturated carbocycles.